The Balaban J connectivity index is 2.06. The highest BCUT2D eigenvalue weighted by molar-refractivity contribution is 7.90. The molecule has 1 radical (unpaired) electrons. The Hall–Kier alpha value is -2.87. The molecule has 0 aliphatic carbocycles. The molecule has 0 atom stereocenters. The molecular weight excluding hydrogens is 377 g/mol. The lowest BCUT2D eigenvalue weighted by atomic mass is 10.1. The highest BCUT2D eigenvalue weighted by Crippen LogP contribution is 2.37. The first kappa shape index (κ1) is 17.5. The average Bonchev–Trinajstić information content (AvgIpc) is 3.01. The third kappa shape index (κ3) is 2.95. The fraction of sp³-hybridized carbons (Fsp3) is 0.105. The Bertz CT molecular complexity index is 1270. The number of halogens is 3. The summed E-state index contributed by atoms with van der Waals surface area (Å²) in [6, 6.07) is 16.5. The van der Waals surface area contributed by atoms with Crippen LogP contribution in [-0.4, -0.2) is 24.5 Å². The second-order valence-corrected chi connectivity index (χ2v) is 8.15. The molecule has 4 rings (SSSR count). The number of aromatic nitrogens is 2. The summed E-state index contributed by atoms with van der Waals surface area (Å²) >= 11 is 0. The van der Waals surface area contributed by atoms with E-state index in [1.807, 2.05) is 0 Å². The van der Waals surface area contributed by atoms with Crippen molar-refractivity contribution in [3.05, 3.63) is 66.4 Å². The topological polar surface area (TPSA) is 52.0 Å². The maximum absolute atomic E-state index is 13.5. The predicted molar refractivity (Wildman–Crippen MR) is 95.5 cm³/mol. The molecule has 0 aliphatic heterocycles. The second kappa shape index (κ2) is 5.82. The summed E-state index contributed by atoms with van der Waals surface area (Å²) in [5.74, 6) is 0. The van der Waals surface area contributed by atoms with E-state index in [0.29, 0.717) is 16.6 Å². The Morgan fingerprint density at radius 1 is 1.00 bits per heavy atom. The van der Waals surface area contributed by atoms with Crippen molar-refractivity contribution in [2.45, 2.75) is 11.1 Å². The smallest absolute Gasteiger partial charge is 0.232 e. The van der Waals surface area contributed by atoms with Crippen molar-refractivity contribution in [2.24, 2.45) is 0 Å². The van der Waals surface area contributed by atoms with Crippen LogP contribution in [0.25, 0.3) is 27.4 Å². The Labute approximate surface area is 152 Å². The molecule has 4 nitrogen and oxygen atoms in total. The summed E-state index contributed by atoms with van der Waals surface area (Å²) in [5, 5.41) is 5.11. The summed E-state index contributed by atoms with van der Waals surface area (Å²) in [5.41, 5.74) is -0.344. The van der Waals surface area contributed by atoms with Crippen molar-refractivity contribution in [2.75, 3.05) is 6.26 Å². The highest BCUT2D eigenvalue weighted by atomic mass is 32.2. The van der Waals surface area contributed by atoms with Crippen LogP contribution in [0.15, 0.2) is 59.5 Å². The maximum Gasteiger partial charge on any atom is 0.435 e. The van der Waals surface area contributed by atoms with Gasteiger partial charge in [-0.15, -0.1) is 0 Å². The normalized spacial score (nSPS) is 12.7. The SMILES string of the molecule is CS(=O)(=O)c1ccc(-n2nc(C(F)(F)F)c3ccc4c[c]ccc4c32)cc1. The summed E-state index contributed by atoms with van der Waals surface area (Å²) < 4.78 is 65.0. The van der Waals surface area contributed by atoms with Crippen LogP contribution in [0, 0.1) is 6.07 Å². The first-order valence-corrected chi connectivity index (χ1v) is 9.74. The molecule has 1 aromatic heterocycles. The molecule has 4 aromatic rings. The molecule has 8 heteroatoms. The van der Waals surface area contributed by atoms with E-state index in [2.05, 4.69) is 11.2 Å². The van der Waals surface area contributed by atoms with Gasteiger partial charge in [0.15, 0.2) is 15.5 Å². The zero-order valence-electron chi connectivity index (χ0n) is 13.9. The molecule has 0 aliphatic rings. The predicted octanol–water partition coefficient (Wildman–Crippen LogP) is 4.40. The number of hydrogen-bond donors (Lipinski definition) is 0. The van der Waals surface area contributed by atoms with Gasteiger partial charge in [-0.05, 0) is 47.9 Å². The lowest BCUT2D eigenvalue weighted by Gasteiger charge is -2.07. The van der Waals surface area contributed by atoms with Gasteiger partial charge in [-0.3, -0.25) is 0 Å². The number of sulfone groups is 1. The third-order valence-electron chi connectivity index (χ3n) is 4.28. The van der Waals surface area contributed by atoms with Crippen molar-refractivity contribution in [1.82, 2.24) is 9.78 Å². The van der Waals surface area contributed by atoms with E-state index in [1.54, 1.807) is 24.3 Å². The number of alkyl halides is 3. The van der Waals surface area contributed by atoms with E-state index in [9.17, 15) is 21.6 Å². The van der Waals surface area contributed by atoms with E-state index >= 15 is 0 Å². The number of benzene rings is 3. The molecule has 27 heavy (non-hydrogen) atoms. The van der Waals surface area contributed by atoms with Crippen LogP contribution in [-0.2, 0) is 16.0 Å². The van der Waals surface area contributed by atoms with Gasteiger partial charge >= 0.3 is 6.18 Å². The van der Waals surface area contributed by atoms with Crippen molar-refractivity contribution >= 4 is 31.5 Å². The molecule has 0 bridgehead atoms. The number of rotatable bonds is 2. The molecule has 1 heterocycles. The molecule has 0 saturated heterocycles. The van der Waals surface area contributed by atoms with Gasteiger partial charge in [0.05, 0.1) is 16.1 Å². The van der Waals surface area contributed by atoms with Crippen LogP contribution in [0.4, 0.5) is 13.2 Å². The van der Waals surface area contributed by atoms with Crippen LogP contribution in [0.2, 0.25) is 0 Å². The van der Waals surface area contributed by atoms with Gasteiger partial charge in [-0.2, -0.15) is 18.3 Å². The van der Waals surface area contributed by atoms with Crippen LogP contribution in [0.1, 0.15) is 5.69 Å². The van der Waals surface area contributed by atoms with Crippen LogP contribution in [0.5, 0.6) is 0 Å². The van der Waals surface area contributed by atoms with Crippen LogP contribution in [0.3, 0.4) is 0 Å². The maximum atomic E-state index is 13.5. The average molecular weight is 389 g/mol. The number of hydrogen-bond acceptors (Lipinski definition) is 3. The van der Waals surface area contributed by atoms with Gasteiger partial charge in [0.1, 0.15) is 0 Å². The third-order valence-corrected chi connectivity index (χ3v) is 5.41. The first-order valence-electron chi connectivity index (χ1n) is 7.85. The van der Waals surface area contributed by atoms with Gasteiger partial charge in [0, 0.05) is 17.0 Å². The van der Waals surface area contributed by atoms with Crippen molar-refractivity contribution in [1.29, 1.82) is 0 Å². The number of nitrogens with zero attached hydrogens (tertiary/aromatic N) is 2. The van der Waals surface area contributed by atoms with E-state index in [4.69, 9.17) is 0 Å². The first-order chi connectivity index (χ1) is 12.7. The molecule has 0 saturated carbocycles. The van der Waals surface area contributed by atoms with E-state index < -0.39 is 21.7 Å². The summed E-state index contributed by atoms with van der Waals surface area (Å²) in [4.78, 5) is 0.0817. The van der Waals surface area contributed by atoms with Gasteiger partial charge < -0.3 is 0 Å². The number of fused-ring (bicyclic) bond motifs is 3. The standard InChI is InChI=1S/C19H12F3N2O2S/c1-27(25,26)14-9-7-13(8-10-14)24-17-15-5-3-2-4-12(15)6-11-16(17)18(23-24)19(20,21)22/h3-11H,1H3. The molecule has 0 spiro atoms. The fourth-order valence-corrected chi connectivity index (χ4v) is 3.68. The summed E-state index contributed by atoms with van der Waals surface area (Å²) in [6.07, 6.45) is -3.55. The summed E-state index contributed by atoms with van der Waals surface area (Å²) in [7, 11) is -3.41. The highest BCUT2D eigenvalue weighted by Gasteiger charge is 2.37. The molecule has 0 unspecified atom stereocenters. The van der Waals surface area contributed by atoms with Gasteiger partial charge in [0.25, 0.3) is 0 Å². The van der Waals surface area contributed by atoms with Gasteiger partial charge in [0.2, 0.25) is 0 Å². The van der Waals surface area contributed by atoms with Crippen LogP contribution < -0.4 is 0 Å². The Morgan fingerprint density at radius 3 is 2.33 bits per heavy atom. The van der Waals surface area contributed by atoms with E-state index in [1.165, 1.54) is 35.0 Å². The minimum absolute atomic E-state index is 0.0200. The van der Waals surface area contributed by atoms with Crippen molar-refractivity contribution in [3.63, 3.8) is 0 Å². The molecule has 0 amide bonds. The van der Waals surface area contributed by atoms with Gasteiger partial charge in [-0.1, -0.05) is 18.2 Å². The summed E-state index contributed by atoms with van der Waals surface area (Å²) in [6.45, 7) is 0. The molecule has 137 valence electrons. The Kier molecular flexibility index (Phi) is 3.78. The van der Waals surface area contributed by atoms with Crippen molar-refractivity contribution < 1.29 is 21.6 Å². The second-order valence-electron chi connectivity index (χ2n) is 6.13. The lowest BCUT2D eigenvalue weighted by molar-refractivity contribution is -0.140. The van der Waals surface area contributed by atoms with E-state index in [0.717, 1.165) is 11.6 Å². The monoisotopic (exact) mass is 389 g/mol. The zero-order valence-corrected chi connectivity index (χ0v) is 14.8. The van der Waals surface area contributed by atoms with Gasteiger partial charge in [-0.25, -0.2) is 13.1 Å². The van der Waals surface area contributed by atoms with Crippen LogP contribution >= 0.6 is 0 Å². The quantitative estimate of drug-likeness (QED) is 0.511. The largest absolute Gasteiger partial charge is 0.435 e. The lowest BCUT2D eigenvalue weighted by Crippen LogP contribution is -2.07. The molecule has 0 fully saturated rings. The zero-order chi connectivity index (χ0) is 19.4. The molecule has 3 aromatic carbocycles. The minimum atomic E-state index is -4.62. The van der Waals surface area contributed by atoms with Crippen molar-refractivity contribution in [3.8, 4) is 5.69 Å². The molecular formula is C19H12F3N2O2S. The van der Waals surface area contributed by atoms with E-state index in [-0.39, 0.29) is 10.3 Å². The Morgan fingerprint density at radius 2 is 1.70 bits per heavy atom. The minimum Gasteiger partial charge on any atom is -0.232 e. The fourth-order valence-electron chi connectivity index (χ4n) is 3.05. The molecule has 0 N–H and O–H groups in total.